The first-order valence-electron chi connectivity index (χ1n) is 6.23. The minimum Gasteiger partial charge on any atom is -0.393 e. The number of amides is 1. The molecule has 1 rings (SSSR count). The van der Waals surface area contributed by atoms with Gasteiger partial charge < -0.3 is 15.3 Å². The second-order valence-electron chi connectivity index (χ2n) is 4.82. The first-order chi connectivity index (χ1) is 7.54. The van der Waals surface area contributed by atoms with Crippen molar-refractivity contribution in [2.75, 3.05) is 19.6 Å². The Kier molecular flexibility index (Phi) is 5.22. The van der Waals surface area contributed by atoms with E-state index in [0.717, 1.165) is 19.4 Å². The van der Waals surface area contributed by atoms with E-state index in [1.165, 1.54) is 0 Å². The third-order valence-electron chi connectivity index (χ3n) is 3.47. The summed E-state index contributed by atoms with van der Waals surface area (Å²) in [7, 11) is 0. The largest absolute Gasteiger partial charge is 0.393 e. The summed E-state index contributed by atoms with van der Waals surface area (Å²) in [5.41, 5.74) is 0. The van der Waals surface area contributed by atoms with Crippen LogP contribution in [0.1, 0.15) is 33.6 Å². The Morgan fingerprint density at radius 2 is 2.25 bits per heavy atom. The van der Waals surface area contributed by atoms with Crippen molar-refractivity contribution in [1.82, 2.24) is 10.2 Å². The van der Waals surface area contributed by atoms with Crippen LogP contribution in [-0.4, -0.2) is 47.7 Å². The van der Waals surface area contributed by atoms with Gasteiger partial charge in [-0.1, -0.05) is 6.92 Å². The van der Waals surface area contributed by atoms with Crippen LogP contribution in [0.4, 0.5) is 0 Å². The Balaban J connectivity index is 2.28. The maximum absolute atomic E-state index is 11.8. The SMILES string of the molecule is CCC(C)NCC(=O)N1CCC(C(C)O)C1. The van der Waals surface area contributed by atoms with Crippen molar-refractivity contribution in [2.24, 2.45) is 5.92 Å². The molecule has 0 aliphatic carbocycles. The van der Waals surface area contributed by atoms with E-state index in [9.17, 15) is 9.90 Å². The summed E-state index contributed by atoms with van der Waals surface area (Å²) in [5, 5.41) is 12.7. The summed E-state index contributed by atoms with van der Waals surface area (Å²) in [4.78, 5) is 13.7. The summed E-state index contributed by atoms with van der Waals surface area (Å²) < 4.78 is 0. The molecule has 16 heavy (non-hydrogen) atoms. The molecule has 1 saturated heterocycles. The summed E-state index contributed by atoms with van der Waals surface area (Å²) in [6.45, 7) is 7.89. The molecular weight excluding hydrogens is 204 g/mol. The van der Waals surface area contributed by atoms with Crippen LogP contribution in [0.15, 0.2) is 0 Å². The molecule has 3 atom stereocenters. The molecule has 4 heteroatoms. The number of carbonyl (C=O) groups is 1. The predicted octanol–water partition coefficient (Wildman–Crippen LogP) is 0.604. The first-order valence-corrected chi connectivity index (χ1v) is 6.23. The second kappa shape index (κ2) is 6.21. The Hall–Kier alpha value is -0.610. The molecule has 3 unspecified atom stereocenters. The molecule has 2 N–H and O–H groups in total. The molecule has 0 aromatic rings. The molecule has 1 aliphatic rings. The fourth-order valence-corrected chi connectivity index (χ4v) is 1.93. The molecular formula is C12H24N2O2. The maximum Gasteiger partial charge on any atom is 0.236 e. The molecule has 94 valence electrons. The van der Waals surface area contributed by atoms with Crippen LogP contribution in [0.2, 0.25) is 0 Å². The topological polar surface area (TPSA) is 52.6 Å². The molecule has 4 nitrogen and oxygen atoms in total. The lowest BCUT2D eigenvalue weighted by atomic mass is 10.0. The Morgan fingerprint density at radius 1 is 1.56 bits per heavy atom. The maximum atomic E-state index is 11.8. The molecule has 1 aliphatic heterocycles. The van der Waals surface area contributed by atoms with E-state index in [0.29, 0.717) is 19.1 Å². The van der Waals surface area contributed by atoms with Crippen molar-refractivity contribution >= 4 is 5.91 Å². The number of hydrogen-bond donors (Lipinski definition) is 2. The van der Waals surface area contributed by atoms with E-state index in [2.05, 4.69) is 19.2 Å². The molecule has 0 bridgehead atoms. The van der Waals surface area contributed by atoms with Gasteiger partial charge in [-0.25, -0.2) is 0 Å². The van der Waals surface area contributed by atoms with Crippen LogP contribution in [0.25, 0.3) is 0 Å². The van der Waals surface area contributed by atoms with Crippen LogP contribution in [-0.2, 0) is 4.79 Å². The van der Waals surface area contributed by atoms with Gasteiger partial charge in [0, 0.05) is 25.0 Å². The molecule has 1 heterocycles. The van der Waals surface area contributed by atoms with Gasteiger partial charge in [0.05, 0.1) is 12.6 Å². The predicted molar refractivity (Wildman–Crippen MR) is 64.1 cm³/mol. The normalized spacial score (nSPS) is 24.5. The third kappa shape index (κ3) is 3.76. The van der Waals surface area contributed by atoms with E-state index in [-0.39, 0.29) is 17.9 Å². The van der Waals surface area contributed by atoms with Crippen molar-refractivity contribution in [3.63, 3.8) is 0 Å². The lowest BCUT2D eigenvalue weighted by Crippen LogP contribution is -2.40. The number of likely N-dealkylation sites (tertiary alicyclic amines) is 1. The highest BCUT2D eigenvalue weighted by Gasteiger charge is 2.28. The highest BCUT2D eigenvalue weighted by molar-refractivity contribution is 5.78. The van der Waals surface area contributed by atoms with Gasteiger partial charge in [0.25, 0.3) is 0 Å². The van der Waals surface area contributed by atoms with Gasteiger partial charge in [0.1, 0.15) is 0 Å². The lowest BCUT2D eigenvalue weighted by Gasteiger charge is -2.19. The average molecular weight is 228 g/mol. The summed E-state index contributed by atoms with van der Waals surface area (Å²) in [6, 6.07) is 0.388. The molecule has 1 amide bonds. The van der Waals surface area contributed by atoms with Gasteiger partial charge in [-0.05, 0) is 26.7 Å². The Bertz CT molecular complexity index is 231. The number of nitrogens with zero attached hydrogens (tertiary/aromatic N) is 1. The smallest absolute Gasteiger partial charge is 0.236 e. The van der Waals surface area contributed by atoms with Crippen LogP contribution in [0, 0.1) is 5.92 Å². The number of rotatable bonds is 5. The van der Waals surface area contributed by atoms with E-state index < -0.39 is 0 Å². The molecule has 0 saturated carbocycles. The van der Waals surface area contributed by atoms with Gasteiger partial charge in [0.2, 0.25) is 5.91 Å². The van der Waals surface area contributed by atoms with E-state index >= 15 is 0 Å². The summed E-state index contributed by atoms with van der Waals surface area (Å²) >= 11 is 0. The summed E-state index contributed by atoms with van der Waals surface area (Å²) in [6.07, 6.45) is 1.65. The van der Waals surface area contributed by atoms with Crippen LogP contribution < -0.4 is 5.32 Å². The number of hydrogen-bond acceptors (Lipinski definition) is 3. The minimum atomic E-state index is -0.305. The zero-order valence-electron chi connectivity index (χ0n) is 10.6. The van der Waals surface area contributed by atoms with Gasteiger partial charge in [-0.2, -0.15) is 0 Å². The van der Waals surface area contributed by atoms with E-state index in [1.807, 2.05) is 4.90 Å². The number of aliphatic hydroxyl groups excluding tert-OH is 1. The number of nitrogens with one attached hydrogen (secondary N) is 1. The fourth-order valence-electron chi connectivity index (χ4n) is 1.93. The lowest BCUT2D eigenvalue weighted by molar-refractivity contribution is -0.129. The molecule has 0 radical (unpaired) electrons. The van der Waals surface area contributed by atoms with Crippen molar-refractivity contribution in [3.05, 3.63) is 0 Å². The highest BCUT2D eigenvalue weighted by atomic mass is 16.3. The van der Waals surface area contributed by atoms with E-state index in [4.69, 9.17) is 0 Å². The van der Waals surface area contributed by atoms with Crippen LogP contribution >= 0.6 is 0 Å². The average Bonchev–Trinajstić information content (AvgIpc) is 2.74. The van der Waals surface area contributed by atoms with Crippen molar-refractivity contribution < 1.29 is 9.90 Å². The molecule has 0 aromatic carbocycles. The third-order valence-corrected chi connectivity index (χ3v) is 3.47. The van der Waals surface area contributed by atoms with Crippen molar-refractivity contribution in [2.45, 2.75) is 45.8 Å². The van der Waals surface area contributed by atoms with Crippen LogP contribution in [0.3, 0.4) is 0 Å². The Labute approximate surface area is 98.0 Å². The van der Waals surface area contributed by atoms with Crippen LogP contribution in [0.5, 0.6) is 0 Å². The quantitative estimate of drug-likeness (QED) is 0.724. The van der Waals surface area contributed by atoms with Gasteiger partial charge >= 0.3 is 0 Å². The van der Waals surface area contributed by atoms with Crippen molar-refractivity contribution in [1.29, 1.82) is 0 Å². The van der Waals surface area contributed by atoms with Gasteiger partial charge in [0.15, 0.2) is 0 Å². The number of carbonyl (C=O) groups excluding carboxylic acids is 1. The monoisotopic (exact) mass is 228 g/mol. The van der Waals surface area contributed by atoms with Gasteiger partial charge in [-0.15, -0.1) is 0 Å². The zero-order chi connectivity index (χ0) is 12.1. The molecule has 0 spiro atoms. The standard InChI is InChI=1S/C12H24N2O2/c1-4-9(2)13-7-12(16)14-6-5-11(8-14)10(3)15/h9-11,13,15H,4-8H2,1-3H3. The Morgan fingerprint density at radius 3 is 2.75 bits per heavy atom. The zero-order valence-corrected chi connectivity index (χ0v) is 10.6. The number of aliphatic hydroxyl groups is 1. The molecule has 0 aromatic heterocycles. The fraction of sp³-hybridized carbons (Fsp3) is 0.917. The van der Waals surface area contributed by atoms with E-state index in [1.54, 1.807) is 6.92 Å². The minimum absolute atomic E-state index is 0.156. The van der Waals surface area contributed by atoms with Gasteiger partial charge in [-0.3, -0.25) is 4.79 Å². The summed E-state index contributed by atoms with van der Waals surface area (Å²) in [5.74, 6) is 0.413. The van der Waals surface area contributed by atoms with Crippen molar-refractivity contribution in [3.8, 4) is 0 Å². The second-order valence-corrected chi connectivity index (χ2v) is 4.82. The highest BCUT2D eigenvalue weighted by Crippen LogP contribution is 2.19. The molecule has 1 fully saturated rings. The first kappa shape index (κ1) is 13.5.